The molecule has 0 aliphatic heterocycles. The first kappa shape index (κ1) is 12.4. The van der Waals surface area contributed by atoms with Crippen molar-refractivity contribution in [2.24, 2.45) is 0 Å². The lowest BCUT2D eigenvalue weighted by atomic mass is 9.87. The SMILES string of the molecule is Nc1ccc(Cl)cc1NC1CCCc2ccccc21. The molecule has 2 nitrogen and oxygen atoms in total. The lowest BCUT2D eigenvalue weighted by Gasteiger charge is -2.27. The van der Waals surface area contributed by atoms with E-state index in [2.05, 4.69) is 29.6 Å². The molecular formula is C16H17ClN2. The van der Waals surface area contributed by atoms with E-state index in [9.17, 15) is 0 Å². The summed E-state index contributed by atoms with van der Waals surface area (Å²) in [6, 6.07) is 14.5. The van der Waals surface area contributed by atoms with Crippen molar-refractivity contribution in [1.29, 1.82) is 0 Å². The Morgan fingerprint density at radius 2 is 2.00 bits per heavy atom. The molecule has 1 aliphatic rings. The van der Waals surface area contributed by atoms with Gasteiger partial charge < -0.3 is 11.1 Å². The normalized spacial score (nSPS) is 17.8. The van der Waals surface area contributed by atoms with E-state index in [1.807, 2.05) is 18.2 Å². The van der Waals surface area contributed by atoms with Crippen molar-refractivity contribution in [1.82, 2.24) is 0 Å². The van der Waals surface area contributed by atoms with Crippen molar-refractivity contribution in [2.45, 2.75) is 25.3 Å². The zero-order valence-corrected chi connectivity index (χ0v) is 11.5. The van der Waals surface area contributed by atoms with E-state index in [4.69, 9.17) is 17.3 Å². The number of nitrogens with one attached hydrogen (secondary N) is 1. The zero-order valence-electron chi connectivity index (χ0n) is 10.7. The van der Waals surface area contributed by atoms with Crippen LogP contribution in [-0.4, -0.2) is 0 Å². The molecule has 2 aromatic carbocycles. The highest BCUT2D eigenvalue weighted by Crippen LogP contribution is 2.34. The second-order valence-corrected chi connectivity index (χ2v) is 5.46. The molecule has 0 saturated carbocycles. The van der Waals surface area contributed by atoms with Crippen LogP contribution < -0.4 is 11.1 Å². The monoisotopic (exact) mass is 272 g/mol. The first-order chi connectivity index (χ1) is 9.24. The Bertz CT molecular complexity index is 595. The molecule has 2 aromatic rings. The fourth-order valence-electron chi connectivity index (χ4n) is 2.75. The molecule has 3 N–H and O–H groups in total. The van der Waals surface area contributed by atoms with Gasteiger partial charge in [0.05, 0.1) is 17.4 Å². The largest absolute Gasteiger partial charge is 0.397 e. The number of rotatable bonds is 2. The van der Waals surface area contributed by atoms with Gasteiger partial charge >= 0.3 is 0 Å². The Balaban J connectivity index is 1.90. The molecule has 1 unspecified atom stereocenters. The maximum Gasteiger partial charge on any atom is 0.0593 e. The van der Waals surface area contributed by atoms with Gasteiger partial charge in [0.2, 0.25) is 0 Å². The summed E-state index contributed by atoms with van der Waals surface area (Å²) in [4.78, 5) is 0. The number of hydrogen-bond donors (Lipinski definition) is 2. The van der Waals surface area contributed by atoms with E-state index in [1.165, 1.54) is 24.0 Å². The average Bonchev–Trinajstić information content (AvgIpc) is 2.43. The van der Waals surface area contributed by atoms with Crippen molar-refractivity contribution < 1.29 is 0 Å². The third-order valence-corrected chi connectivity index (χ3v) is 3.95. The van der Waals surface area contributed by atoms with E-state index in [-0.39, 0.29) is 0 Å². The van der Waals surface area contributed by atoms with Crippen molar-refractivity contribution in [3.05, 3.63) is 58.6 Å². The minimum atomic E-state index is 0.325. The minimum absolute atomic E-state index is 0.325. The standard InChI is InChI=1S/C16H17ClN2/c17-12-8-9-14(18)16(10-12)19-15-7-3-5-11-4-1-2-6-13(11)15/h1-2,4,6,8-10,15,19H,3,5,7,18H2. The molecule has 98 valence electrons. The van der Waals surface area contributed by atoms with E-state index in [1.54, 1.807) is 0 Å². The summed E-state index contributed by atoms with van der Waals surface area (Å²) >= 11 is 6.04. The summed E-state index contributed by atoms with van der Waals surface area (Å²) < 4.78 is 0. The van der Waals surface area contributed by atoms with E-state index >= 15 is 0 Å². The van der Waals surface area contributed by atoms with Crippen LogP contribution in [0.3, 0.4) is 0 Å². The summed E-state index contributed by atoms with van der Waals surface area (Å²) in [5.74, 6) is 0. The number of nitrogen functional groups attached to an aromatic ring is 1. The molecule has 0 bridgehead atoms. The Morgan fingerprint density at radius 1 is 1.16 bits per heavy atom. The maximum atomic E-state index is 6.04. The minimum Gasteiger partial charge on any atom is -0.397 e. The second-order valence-electron chi connectivity index (χ2n) is 5.02. The van der Waals surface area contributed by atoms with Crippen LogP contribution in [0.1, 0.15) is 30.0 Å². The molecule has 0 heterocycles. The maximum absolute atomic E-state index is 6.04. The van der Waals surface area contributed by atoms with Crippen LogP contribution >= 0.6 is 11.6 Å². The number of nitrogens with two attached hydrogens (primary N) is 1. The summed E-state index contributed by atoms with van der Waals surface area (Å²) in [7, 11) is 0. The average molecular weight is 273 g/mol. The first-order valence-corrected chi connectivity index (χ1v) is 7.01. The quantitative estimate of drug-likeness (QED) is 0.795. The number of hydrogen-bond acceptors (Lipinski definition) is 2. The van der Waals surface area contributed by atoms with Gasteiger partial charge in [-0.2, -0.15) is 0 Å². The summed E-state index contributed by atoms with van der Waals surface area (Å²) in [5.41, 5.74) is 10.5. The van der Waals surface area contributed by atoms with Crippen LogP contribution in [0.15, 0.2) is 42.5 Å². The second kappa shape index (κ2) is 5.14. The first-order valence-electron chi connectivity index (χ1n) is 6.63. The number of aryl methyl sites for hydroxylation is 1. The number of benzene rings is 2. The van der Waals surface area contributed by atoms with Gasteiger partial charge in [0.1, 0.15) is 0 Å². The molecule has 0 fully saturated rings. The van der Waals surface area contributed by atoms with Crippen molar-refractivity contribution in [2.75, 3.05) is 11.1 Å². The van der Waals surface area contributed by atoms with Gasteiger partial charge in [0, 0.05) is 5.02 Å². The van der Waals surface area contributed by atoms with E-state index in [0.717, 1.165) is 17.8 Å². The van der Waals surface area contributed by atoms with Gasteiger partial charge in [0.15, 0.2) is 0 Å². The zero-order chi connectivity index (χ0) is 13.2. The highest BCUT2D eigenvalue weighted by Gasteiger charge is 2.20. The van der Waals surface area contributed by atoms with Gasteiger partial charge in [-0.05, 0) is 48.6 Å². The van der Waals surface area contributed by atoms with E-state index < -0.39 is 0 Å². The molecule has 0 radical (unpaired) electrons. The smallest absolute Gasteiger partial charge is 0.0593 e. The van der Waals surface area contributed by atoms with Crippen molar-refractivity contribution in [3.63, 3.8) is 0 Å². The van der Waals surface area contributed by atoms with Crippen LogP contribution in [0.2, 0.25) is 5.02 Å². The molecule has 19 heavy (non-hydrogen) atoms. The third-order valence-electron chi connectivity index (χ3n) is 3.71. The van der Waals surface area contributed by atoms with Gasteiger partial charge in [-0.25, -0.2) is 0 Å². The van der Waals surface area contributed by atoms with Crippen LogP contribution in [-0.2, 0) is 6.42 Å². The lowest BCUT2D eigenvalue weighted by molar-refractivity contribution is 0.600. The van der Waals surface area contributed by atoms with Crippen LogP contribution in [0.4, 0.5) is 11.4 Å². The van der Waals surface area contributed by atoms with Crippen molar-refractivity contribution >= 4 is 23.0 Å². The predicted octanol–water partition coefficient (Wildman–Crippen LogP) is 4.41. The fraction of sp³-hybridized carbons (Fsp3) is 0.250. The van der Waals surface area contributed by atoms with Gasteiger partial charge in [-0.15, -0.1) is 0 Å². The topological polar surface area (TPSA) is 38.0 Å². The number of halogens is 1. The molecule has 1 atom stereocenters. The molecule has 0 aromatic heterocycles. The summed E-state index contributed by atoms with van der Waals surface area (Å²) in [6.07, 6.45) is 3.50. The van der Waals surface area contributed by atoms with Crippen molar-refractivity contribution in [3.8, 4) is 0 Å². The lowest BCUT2D eigenvalue weighted by Crippen LogP contribution is -2.17. The van der Waals surface area contributed by atoms with Gasteiger partial charge in [0.25, 0.3) is 0 Å². The third kappa shape index (κ3) is 2.54. The Kier molecular flexibility index (Phi) is 3.34. The number of fused-ring (bicyclic) bond motifs is 1. The molecule has 0 amide bonds. The molecule has 0 saturated heterocycles. The predicted molar refractivity (Wildman–Crippen MR) is 81.6 cm³/mol. The molecular weight excluding hydrogens is 256 g/mol. The highest BCUT2D eigenvalue weighted by molar-refractivity contribution is 6.31. The fourth-order valence-corrected chi connectivity index (χ4v) is 2.92. The Morgan fingerprint density at radius 3 is 2.89 bits per heavy atom. The van der Waals surface area contributed by atoms with Crippen LogP contribution in [0.5, 0.6) is 0 Å². The molecule has 3 heteroatoms. The molecule has 3 rings (SSSR count). The summed E-state index contributed by atoms with van der Waals surface area (Å²) in [5, 5.41) is 4.25. The van der Waals surface area contributed by atoms with Crippen LogP contribution in [0, 0.1) is 0 Å². The van der Waals surface area contributed by atoms with Gasteiger partial charge in [-0.3, -0.25) is 0 Å². The molecule has 0 spiro atoms. The molecule has 1 aliphatic carbocycles. The Labute approximate surface area is 118 Å². The highest BCUT2D eigenvalue weighted by atomic mass is 35.5. The number of anilines is 2. The Hall–Kier alpha value is -1.67. The van der Waals surface area contributed by atoms with Gasteiger partial charge in [-0.1, -0.05) is 35.9 Å². The van der Waals surface area contributed by atoms with Crippen LogP contribution in [0.25, 0.3) is 0 Å². The van der Waals surface area contributed by atoms with E-state index in [0.29, 0.717) is 11.1 Å². The summed E-state index contributed by atoms with van der Waals surface area (Å²) in [6.45, 7) is 0.